The molecule has 0 spiro atoms. The summed E-state index contributed by atoms with van der Waals surface area (Å²) in [6, 6.07) is 29.9. The zero-order valence-corrected chi connectivity index (χ0v) is 40.9. The van der Waals surface area contributed by atoms with E-state index in [-0.39, 0.29) is 6.42 Å². The molecule has 1 aliphatic carbocycles. The van der Waals surface area contributed by atoms with Gasteiger partial charge in [0.05, 0.1) is 6.42 Å². The molecule has 4 aromatic carbocycles. The number of nitrogens with one attached hydrogen (secondary N) is 2. The fraction of sp³-hybridized carbons (Fsp3) is 0.473. The van der Waals surface area contributed by atoms with E-state index in [4.69, 9.17) is 16.3 Å². The van der Waals surface area contributed by atoms with Crippen molar-refractivity contribution in [2.75, 3.05) is 20.1 Å². The zero-order valence-electron chi connectivity index (χ0n) is 40.2. The van der Waals surface area contributed by atoms with Gasteiger partial charge in [-0.3, -0.25) is 24.0 Å². The molecule has 4 amide bonds. The molecule has 0 radical (unpaired) electrons. The van der Waals surface area contributed by atoms with Gasteiger partial charge in [0, 0.05) is 48.3 Å². The van der Waals surface area contributed by atoms with Gasteiger partial charge in [-0.05, 0) is 61.6 Å². The Morgan fingerprint density at radius 1 is 0.739 bits per heavy atom. The lowest BCUT2D eigenvalue weighted by atomic mass is 9.78. The average Bonchev–Trinajstić information content (AvgIpc) is 3.88. The minimum atomic E-state index is -5.30. The Kier molecular flexibility index (Phi) is 18.1. The highest BCUT2D eigenvalue weighted by molar-refractivity contribution is 6.31. The van der Waals surface area contributed by atoms with E-state index in [2.05, 4.69) is 17.4 Å². The predicted molar refractivity (Wildman–Crippen MR) is 261 cm³/mol. The third kappa shape index (κ3) is 13.1. The maximum atomic E-state index is 14.9. The first-order valence-electron chi connectivity index (χ1n) is 24.4. The number of carbonyl (C=O) groups excluding carboxylic acids is 5. The normalized spacial score (nSPS) is 17.7. The van der Waals surface area contributed by atoms with Crippen LogP contribution in [0.5, 0.6) is 0 Å². The van der Waals surface area contributed by atoms with Crippen molar-refractivity contribution < 1.29 is 41.9 Å². The van der Waals surface area contributed by atoms with Gasteiger partial charge in [0.25, 0.3) is 0 Å². The molecule has 1 aliphatic heterocycles. The van der Waals surface area contributed by atoms with E-state index >= 15 is 0 Å². The second kappa shape index (κ2) is 23.7. The molecule has 4 atom stereocenters. The monoisotopic (exact) mass is 970 g/mol. The smallest absolute Gasteiger partial charge is 0.444 e. The molecular formula is C55H66ClF3N4O6. The Morgan fingerprint density at radius 3 is 1.84 bits per heavy atom. The van der Waals surface area contributed by atoms with Crippen molar-refractivity contribution in [2.24, 2.45) is 5.92 Å². The molecular weight excluding hydrogens is 905 g/mol. The largest absolute Gasteiger partial charge is 0.471 e. The maximum absolute atomic E-state index is 14.9. The number of ether oxygens (including phenoxy) is 1. The molecule has 69 heavy (non-hydrogen) atoms. The molecule has 10 nitrogen and oxygen atoms in total. The summed E-state index contributed by atoms with van der Waals surface area (Å²) in [5.41, 5.74) is -0.395. The highest BCUT2D eigenvalue weighted by Crippen LogP contribution is 2.45. The molecule has 2 fully saturated rings. The fourth-order valence-electron chi connectivity index (χ4n) is 10.1. The van der Waals surface area contributed by atoms with Crippen LogP contribution in [0.2, 0.25) is 5.02 Å². The van der Waals surface area contributed by atoms with Crippen LogP contribution in [0.25, 0.3) is 0 Å². The summed E-state index contributed by atoms with van der Waals surface area (Å²) >= 11 is 7.05. The summed E-state index contributed by atoms with van der Waals surface area (Å²) < 4.78 is 47.9. The average molecular weight is 972 g/mol. The molecule has 1 saturated carbocycles. The molecule has 370 valence electrons. The number of hydrogen-bond donors (Lipinski definition) is 2. The SMILES string of the molecule is CC(C)[C@@H](C(=O)N[C@@H](CC(=O)OC(c1ccccc1)(c1ccc(C2CCCCCCCCC2)cc1)c1ccccc1Cl)C(=O)N1CCCC1)N(C)C(=O)C(C)(Cc1ccccc1)NC(=O)C(F)(F)F. The number of likely N-dealkylation sites (tertiary alicyclic amines) is 1. The number of carbonyl (C=O) groups is 5. The summed E-state index contributed by atoms with van der Waals surface area (Å²) in [5, 5.41) is 5.00. The Labute approximate surface area is 409 Å². The van der Waals surface area contributed by atoms with E-state index in [1.54, 1.807) is 67.3 Å². The Morgan fingerprint density at radius 2 is 1.28 bits per heavy atom. The Hall–Kier alpha value is -5.69. The number of rotatable bonds is 16. The lowest BCUT2D eigenvalue weighted by Gasteiger charge is -2.39. The molecule has 2 unspecified atom stereocenters. The van der Waals surface area contributed by atoms with Crippen molar-refractivity contribution in [2.45, 2.75) is 140 Å². The third-order valence-electron chi connectivity index (χ3n) is 13.7. The highest BCUT2D eigenvalue weighted by atomic mass is 35.5. The van der Waals surface area contributed by atoms with Gasteiger partial charge in [-0.2, -0.15) is 13.2 Å². The minimum Gasteiger partial charge on any atom is -0.444 e. The van der Waals surface area contributed by atoms with E-state index in [9.17, 15) is 37.1 Å². The topological polar surface area (TPSA) is 125 Å². The minimum absolute atomic E-state index is 0.328. The number of nitrogens with zero attached hydrogens (tertiary/aromatic N) is 2. The van der Waals surface area contributed by atoms with E-state index < -0.39 is 71.3 Å². The van der Waals surface area contributed by atoms with Gasteiger partial charge in [0.1, 0.15) is 17.6 Å². The number of benzene rings is 4. The quantitative estimate of drug-likeness (QED) is 0.0851. The summed E-state index contributed by atoms with van der Waals surface area (Å²) in [7, 11) is 1.27. The number of amides is 4. The van der Waals surface area contributed by atoms with Crippen molar-refractivity contribution in [3.63, 3.8) is 0 Å². The van der Waals surface area contributed by atoms with Crippen LogP contribution < -0.4 is 10.6 Å². The zero-order chi connectivity index (χ0) is 49.8. The van der Waals surface area contributed by atoms with Gasteiger partial charge < -0.3 is 25.2 Å². The first-order chi connectivity index (χ1) is 32.9. The molecule has 2 N–H and O–H groups in total. The fourth-order valence-corrected chi connectivity index (χ4v) is 10.4. The van der Waals surface area contributed by atoms with Crippen molar-refractivity contribution >= 4 is 41.2 Å². The summed E-state index contributed by atoms with van der Waals surface area (Å²) in [6.45, 7) is 5.25. The van der Waals surface area contributed by atoms with Crippen molar-refractivity contribution in [1.82, 2.24) is 20.4 Å². The van der Waals surface area contributed by atoms with Crippen LogP contribution in [0.3, 0.4) is 0 Å². The van der Waals surface area contributed by atoms with E-state index in [1.807, 2.05) is 53.8 Å². The number of hydrogen-bond acceptors (Lipinski definition) is 6. The maximum Gasteiger partial charge on any atom is 0.471 e. The van der Waals surface area contributed by atoms with Crippen LogP contribution in [-0.4, -0.2) is 83.3 Å². The highest BCUT2D eigenvalue weighted by Gasteiger charge is 2.49. The van der Waals surface area contributed by atoms with Crippen LogP contribution in [0.1, 0.15) is 132 Å². The van der Waals surface area contributed by atoms with Crippen LogP contribution in [0.4, 0.5) is 13.2 Å². The molecule has 1 saturated heterocycles. The van der Waals surface area contributed by atoms with Gasteiger partial charge in [-0.25, -0.2) is 0 Å². The van der Waals surface area contributed by atoms with Crippen LogP contribution in [0.15, 0.2) is 109 Å². The predicted octanol–water partition coefficient (Wildman–Crippen LogP) is 10.4. The van der Waals surface area contributed by atoms with Gasteiger partial charge in [-0.15, -0.1) is 0 Å². The first kappa shape index (κ1) is 52.7. The molecule has 0 aromatic heterocycles. The van der Waals surface area contributed by atoms with Gasteiger partial charge >= 0.3 is 18.1 Å². The lowest BCUT2D eigenvalue weighted by Crippen LogP contribution is -2.64. The van der Waals surface area contributed by atoms with Crippen LogP contribution >= 0.6 is 11.6 Å². The van der Waals surface area contributed by atoms with Gasteiger partial charge in [0.15, 0.2) is 5.60 Å². The van der Waals surface area contributed by atoms with Gasteiger partial charge in [-0.1, -0.05) is 174 Å². The van der Waals surface area contributed by atoms with E-state index in [0.717, 1.165) is 30.6 Å². The van der Waals surface area contributed by atoms with E-state index in [1.165, 1.54) is 51.6 Å². The van der Waals surface area contributed by atoms with Crippen molar-refractivity contribution in [1.29, 1.82) is 0 Å². The van der Waals surface area contributed by atoms with Gasteiger partial charge in [0.2, 0.25) is 17.7 Å². The lowest BCUT2D eigenvalue weighted by molar-refractivity contribution is -0.177. The van der Waals surface area contributed by atoms with Crippen LogP contribution in [0, 0.1) is 5.92 Å². The summed E-state index contributed by atoms with van der Waals surface area (Å²) in [4.78, 5) is 73.4. The standard InChI is InChI=1S/C55H66ClF3N4O6/c1-38(2)48(62(4)52(68)53(3,61-51(67)55(57,58)59)37-39-22-12-10-13-23-39)49(65)60-46(50(66)63-34-20-21-35-63)36-47(64)69-54(42-26-16-11-17-27-42,44-28-18-19-29-45(44)56)43-32-30-41(31-33-43)40-24-14-8-6-5-7-9-15-25-40/h10-13,16-19,22-23,26-33,38,40,46,48H,5-9,14-15,20-21,24-25,34-37H2,1-4H3,(H,60,65)(H,61,67)/t46-,48-,53?,54?/m0/s1. The molecule has 6 rings (SSSR count). The Balaban J connectivity index is 1.34. The van der Waals surface area contributed by atoms with Crippen LogP contribution in [-0.2, 0) is 40.7 Å². The first-order valence-corrected chi connectivity index (χ1v) is 24.7. The summed E-state index contributed by atoms with van der Waals surface area (Å²) in [6.07, 6.45) is 5.88. The second-order valence-corrected chi connectivity index (χ2v) is 19.6. The number of esters is 1. The molecule has 1 heterocycles. The van der Waals surface area contributed by atoms with Crippen molar-refractivity contribution in [3.05, 3.63) is 142 Å². The number of likely N-dealkylation sites (N-methyl/N-ethyl adjacent to an activating group) is 1. The summed E-state index contributed by atoms with van der Waals surface area (Å²) in [5.74, 6) is -5.75. The molecule has 0 bridgehead atoms. The molecule has 2 aliphatic rings. The Bertz CT molecular complexity index is 2350. The van der Waals surface area contributed by atoms with E-state index in [0.29, 0.717) is 59.1 Å². The third-order valence-corrected chi connectivity index (χ3v) is 14.0. The molecule has 14 heteroatoms. The molecule has 4 aromatic rings. The second-order valence-electron chi connectivity index (χ2n) is 19.2. The van der Waals surface area contributed by atoms with Crippen molar-refractivity contribution in [3.8, 4) is 0 Å². The number of alkyl halides is 3. The number of halogens is 4.